The standard InChI is InChI=1S/C18H20N4O2/c1-13(14-7-10-19-11-8-14)20-18(24)21-16-9-12-22(17(16)23)15-5-3-2-4-6-15/h2-8,10-11,13,16H,9,12H2,1H3,(H2,20,21,24)/t13-,16+/m1/s1. The van der Waals surface area contributed by atoms with Gasteiger partial charge in [-0.1, -0.05) is 18.2 Å². The number of hydrogen-bond donors (Lipinski definition) is 2. The highest BCUT2D eigenvalue weighted by Crippen LogP contribution is 2.21. The topological polar surface area (TPSA) is 74.3 Å². The fourth-order valence-electron chi connectivity index (χ4n) is 2.81. The lowest BCUT2D eigenvalue weighted by molar-refractivity contribution is -0.118. The maximum atomic E-state index is 12.5. The van der Waals surface area contributed by atoms with Gasteiger partial charge < -0.3 is 15.5 Å². The summed E-state index contributed by atoms with van der Waals surface area (Å²) in [7, 11) is 0. The molecule has 2 atom stereocenters. The van der Waals surface area contributed by atoms with E-state index in [1.54, 1.807) is 17.3 Å². The Bertz CT molecular complexity index is 705. The number of anilines is 1. The molecule has 1 saturated heterocycles. The first-order valence-electron chi connectivity index (χ1n) is 7.98. The summed E-state index contributed by atoms with van der Waals surface area (Å²) in [5.74, 6) is -0.0760. The summed E-state index contributed by atoms with van der Waals surface area (Å²) in [4.78, 5) is 30.3. The molecular weight excluding hydrogens is 304 g/mol. The summed E-state index contributed by atoms with van der Waals surface area (Å²) in [6, 6.07) is 12.2. The highest BCUT2D eigenvalue weighted by Gasteiger charge is 2.33. The van der Waals surface area contributed by atoms with E-state index in [4.69, 9.17) is 0 Å². The minimum absolute atomic E-state index is 0.0760. The molecule has 6 heteroatoms. The number of nitrogens with one attached hydrogen (secondary N) is 2. The molecule has 2 N–H and O–H groups in total. The van der Waals surface area contributed by atoms with E-state index in [2.05, 4.69) is 15.6 Å². The molecule has 0 aliphatic carbocycles. The van der Waals surface area contributed by atoms with Crippen molar-refractivity contribution < 1.29 is 9.59 Å². The van der Waals surface area contributed by atoms with Crippen LogP contribution in [0, 0.1) is 0 Å². The molecule has 6 nitrogen and oxygen atoms in total. The van der Waals surface area contributed by atoms with Crippen LogP contribution >= 0.6 is 0 Å². The van der Waals surface area contributed by atoms with Crippen LogP contribution in [0.25, 0.3) is 0 Å². The van der Waals surface area contributed by atoms with E-state index >= 15 is 0 Å². The Labute approximate surface area is 140 Å². The van der Waals surface area contributed by atoms with Crippen molar-refractivity contribution in [2.24, 2.45) is 0 Å². The van der Waals surface area contributed by atoms with Crippen LogP contribution in [-0.2, 0) is 4.79 Å². The molecular formula is C18H20N4O2. The fraction of sp³-hybridized carbons (Fsp3) is 0.278. The third-order valence-corrected chi connectivity index (χ3v) is 4.13. The lowest BCUT2D eigenvalue weighted by Gasteiger charge is -2.19. The van der Waals surface area contributed by atoms with Gasteiger partial charge in [0.15, 0.2) is 0 Å². The predicted octanol–water partition coefficient (Wildman–Crippen LogP) is 2.25. The Kier molecular flexibility index (Phi) is 4.74. The summed E-state index contributed by atoms with van der Waals surface area (Å²) in [6.45, 7) is 2.50. The van der Waals surface area contributed by atoms with Gasteiger partial charge in [0.2, 0.25) is 5.91 Å². The molecule has 1 aromatic heterocycles. The number of carbonyl (C=O) groups excluding carboxylic acids is 2. The highest BCUT2D eigenvalue weighted by atomic mass is 16.2. The lowest BCUT2D eigenvalue weighted by atomic mass is 10.1. The first-order chi connectivity index (χ1) is 11.6. The van der Waals surface area contributed by atoms with Gasteiger partial charge in [-0.3, -0.25) is 9.78 Å². The Hall–Kier alpha value is -2.89. The number of rotatable bonds is 4. The molecule has 0 radical (unpaired) electrons. The van der Waals surface area contributed by atoms with Crippen LogP contribution in [0.2, 0.25) is 0 Å². The van der Waals surface area contributed by atoms with Gasteiger partial charge in [-0.05, 0) is 43.2 Å². The average molecular weight is 324 g/mol. The van der Waals surface area contributed by atoms with Gasteiger partial charge in [-0.15, -0.1) is 0 Å². The number of nitrogens with zero attached hydrogens (tertiary/aromatic N) is 2. The Morgan fingerprint density at radius 1 is 1.21 bits per heavy atom. The summed E-state index contributed by atoms with van der Waals surface area (Å²) >= 11 is 0. The molecule has 2 aromatic rings. The van der Waals surface area contributed by atoms with Crippen LogP contribution in [0.3, 0.4) is 0 Å². The molecule has 0 bridgehead atoms. The van der Waals surface area contributed by atoms with Crippen molar-refractivity contribution in [2.45, 2.75) is 25.4 Å². The van der Waals surface area contributed by atoms with Gasteiger partial charge in [-0.2, -0.15) is 0 Å². The van der Waals surface area contributed by atoms with Crippen LogP contribution in [0.1, 0.15) is 24.9 Å². The molecule has 124 valence electrons. The third-order valence-electron chi connectivity index (χ3n) is 4.13. The van der Waals surface area contributed by atoms with Crippen molar-refractivity contribution >= 4 is 17.6 Å². The summed E-state index contributed by atoms with van der Waals surface area (Å²) in [5, 5.41) is 5.62. The van der Waals surface area contributed by atoms with E-state index in [1.807, 2.05) is 49.4 Å². The van der Waals surface area contributed by atoms with Gasteiger partial charge in [0.05, 0.1) is 6.04 Å². The Morgan fingerprint density at radius 2 is 1.92 bits per heavy atom. The number of aromatic nitrogens is 1. The van der Waals surface area contributed by atoms with Crippen molar-refractivity contribution in [1.29, 1.82) is 0 Å². The van der Waals surface area contributed by atoms with Crippen molar-refractivity contribution in [1.82, 2.24) is 15.6 Å². The third kappa shape index (κ3) is 3.53. The number of hydrogen-bond acceptors (Lipinski definition) is 3. The van der Waals surface area contributed by atoms with E-state index in [9.17, 15) is 9.59 Å². The second-order valence-corrected chi connectivity index (χ2v) is 5.79. The molecule has 2 heterocycles. The number of pyridine rings is 1. The zero-order valence-corrected chi connectivity index (χ0v) is 13.5. The van der Waals surface area contributed by atoms with Crippen molar-refractivity contribution in [3.8, 4) is 0 Å². The van der Waals surface area contributed by atoms with Gasteiger partial charge in [0.25, 0.3) is 0 Å². The largest absolute Gasteiger partial charge is 0.332 e. The van der Waals surface area contributed by atoms with Crippen molar-refractivity contribution in [3.63, 3.8) is 0 Å². The number of carbonyl (C=O) groups is 2. The first kappa shape index (κ1) is 16.0. The van der Waals surface area contributed by atoms with Crippen molar-refractivity contribution in [3.05, 3.63) is 60.4 Å². The molecule has 1 aliphatic rings. The summed E-state index contributed by atoms with van der Waals surface area (Å²) in [6.07, 6.45) is 3.97. The van der Waals surface area contributed by atoms with E-state index in [0.717, 1.165) is 11.3 Å². The van der Waals surface area contributed by atoms with Crippen LogP contribution in [0.5, 0.6) is 0 Å². The predicted molar refractivity (Wildman–Crippen MR) is 91.5 cm³/mol. The van der Waals surface area contributed by atoms with Crippen LogP contribution < -0.4 is 15.5 Å². The second-order valence-electron chi connectivity index (χ2n) is 5.79. The van der Waals surface area contributed by atoms with Crippen molar-refractivity contribution in [2.75, 3.05) is 11.4 Å². The molecule has 1 aromatic carbocycles. The van der Waals surface area contributed by atoms with Gasteiger partial charge in [0.1, 0.15) is 6.04 Å². The second kappa shape index (κ2) is 7.12. The lowest BCUT2D eigenvalue weighted by Crippen LogP contribution is -2.46. The quantitative estimate of drug-likeness (QED) is 0.906. The molecule has 0 spiro atoms. The van der Waals surface area contributed by atoms with E-state index < -0.39 is 6.04 Å². The summed E-state index contributed by atoms with van der Waals surface area (Å²) < 4.78 is 0. The zero-order valence-electron chi connectivity index (χ0n) is 13.5. The molecule has 24 heavy (non-hydrogen) atoms. The van der Waals surface area contributed by atoms with E-state index in [0.29, 0.717) is 13.0 Å². The Morgan fingerprint density at radius 3 is 2.62 bits per heavy atom. The van der Waals surface area contributed by atoms with E-state index in [-0.39, 0.29) is 18.0 Å². The number of benzene rings is 1. The Balaban J connectivity index is 1.57. The zero-order chi connectivity index (χ0) is 16.9. The monoisotopic (exact) mass is 324 g/mol. The van der Waals surface area contributed by atoms with Gasteiger partial charge >= 0.3 is 6.03 Å². The smallest absolute Gasteiger partial charge is 0.315 e. The fourth-order valence-corrected chi connectivity index (χ4v) is 2.81. The molecule has 3 rings (SSSR count). The maximum absolute atomic E-state index is 12.5. The summed E-state index contributed by atoms with van der Waals surface area (Å²) in [5.41, 5.74) is 1.82. The van der Waals surface area contributed by atoms with Crippen LogP contribution in [0.4, 0.5) is 10.5 Å². The minimum atomic E-state index is -0.491. The molecule has 1 aliphatic heterocycles. The number of urea groups is 1. The maximum Gasteiger partial charge on any atom is 0.315 e. The van der Waals surface area contributed by atoms with Gasteiger partial charge in [-0.25, -0.2) is 4.79 Å². The SMILES string of the molecule is C[C@@H](NC(=O)N[C@H]1CCN(c2ccccc2)C1=O)c1ccncc1. The number of amides is 3. The van der Waals surface area contributed by atoms with Crippen LogP contribution in [-0.4, -0.2) is 29.5 Å². The molecule has 3 amide bonds. The molecule has 0 unspecified atom stereocenters. The minimum Gasteiger partial charge on any atom is -0.332 e. The van der Waals surface area contributed by atoms with E-state index in [1.165, 1.54) is 0 Å². The van der Waals surface area contributed by atoms with Gasteiger partial charge in [0, 0.05) is 24.6 Å². The first-order valence-corrected chi connectivity index (χ1v) is 7.98. The molecule has 1 fully saturated rings. The number of para-hydroxylation sites is 1. The molecule has 0 saturated carbocycles. The average Bonchev–Trinajstić information content (AvgIpc) is 2.97. The van der Waals surface area contributed by atoms with Crippen LogP contribution in [0.15, 0.2) is 54.9 Å². The highest BCUT2D eigenvalue weighted by molar-refractivity contribution is 6.01. The normalized spacial score (nSPS) is 18.3.